The molecule has 0 heterocycles. The van der Waals surface area contributed by atoms with Crippen molar-refractivity contribution in [3.63, 3.8) is 0 Å². The molecule has 0 radical (unpaired) electrons. The first-order valence-electron chi connectivity index (χ1n) is 3.39. The zero-order valence-corrected chi connectivity index (χ0v) is 7.52. The number of urea groups is 1. The summed E-state index contributed by atoms with van der Waals surface area (Å²) in [5.74, 6) is -1.43. The highest BCUT2D eigenvalue weighted by Gasteiger charge is 2.00. The summed E-state index contributed by atoms with van der Waals surface area (Å²) in [4.78, 5) is 9.00. The molecule has 1 aromatic carbocycles. The van der Waals surface area contributed by atoms with E-state index >= 15 is 0 Å². The van der Waals surface area contributed by atoms with Crippen LogP contribution in [0.1, 0.15) is 0 Å². The fourth-order valence-electron chi connectivity index (χ4n) is 0.511. The molecule has 0 atom stereocenters. The van der Waals surface area contributed by atoms with E-state index in [2.05, 4.69) is 11.5 Å². The lowest BCUT2D eigenvalue weighted by Crippen LogP contribution is -2.18. The van der Waals surface area contributed by atoms with Crippen LogP contribution in [-0.2, 0) is 0 Å². The fourth-order valence-corrected chi connectivity index (χ4v) is 0.511. The predicted octanol–water partition coefficient (Wildman–Crippen LogP) is 0.601. The lowest BCUT2D eigenvalue weighted by atomic mass is 10.3. The summed E-state index contributed by atoms with van der Waals surface area (Å²) < 4.78 is 24.4. The topological polar surface area (TPSA) is 143 Å². The second-order valence-electron chi connectivity index (χ2n) is 2.04. The van der Waals surface area contributed by atoms with Crippen LogP contribution in [0.25, 0.3) is 0 Å². The molecule has 1 rings (SSSR count). The van der Waals surface area contributed by atoms with Crippen LogP contribution in [0.5, 0.6) is 0 Å². The van der Waals surface area contributed by atoms with Crippen LogP contribution >= 0.6 is 0 Å². The van der Waals surface area contributed by atoms with Gasteiger partial charge in [0.15, 0.2) is 0 Å². The Balaban J connectivity index is 0. The van der Waals surface area contributed by atoms with Crippen LogP contribution < -0.4 is 17.2 Å². The van der Waals surface area contributed by atoms with Gasteiger partial charge in [-0.1, -0.05) is 6.07 Å². The Hall–Kier alpha value is -2.43. The Morgan fingerprint density at radius 1 is 1.13 bits per heavy atom. The molecule has 6 nitrogen and oxygen atoms in total. The molecule has 0 fully saturated rings. The van der Waals surface area contributed by atoms with Crippen molar-refractivity contribution in [1.82, 2.24) is 0 Å². The number of halogens is 2. The van der Waals surface area contributed by atoms with Crippen LogP contribution in [0.3, 0.4) is 0 Å². The lowest BCUT2D eigenvalue weighted by Gasteiger charge is -1.94. The predicted molar refractivity (Wildman–Crippen MR) is 48.0 cm³/mol. The van der Waals surface area contributed by atoms with E-state index < -0.39 is 23.4 Å². The van der Waals surface area contributed by atoms with Gasteiger partial charge in [-0.05, 0) is 12.1 Å². The van der Waals surface area contributed by atoms with E-state index in [0.29, 0.717) is 0 Å². The summed E-state index contributed by atoms with van der Waals surface area (Å²) in [6, 6.07) is 2.65. The molecule has 15 heavy (non-hydrogen) atoms. The van der Waals surface area contributed by atoms with Crippen molar-refractivity contribution in [3.05, 3.63) is 29.8 Å². The monoisotopic (exact) mass is 217 g/mol. The number of hydrogen-bond acceptors (Lipinski definition) is 4. The number of para-hydroxylation sites is 1. The van der Waals surface area contributed by atoms with Gasteiger partial charge in [-0.3, -0.25) is 0 Å². The van der Waals surface area contributed by atoms with Gasteiger partial charge in [0, 0.05) is 10.8 Å². The van der Waals surface area contributed by atoms with E-state index in [-0.39, 0.29) is 0 Å². The molecule has 0 spiro atoms. The molecule has 0 aliphatic rings. The average Bonchev–Trinajstić information content (AvgIpc) is 2.16. The summed E-state index contributed by atoms with van der Waals surface area (Å²) >= 11 is 0. The SMILES string of the molecule is N#N.NC(N)=O.Nc1c(F)cccc1F. The largest absolute Gasteiger partial charge is 0.394 e. The van der Waals surface area contributed by atoms with Crippen molar-refractivity contribution in [1.29, 1.82) is 10.8 Å². The molecular formula is C7H9F2N5O. The zero-order chi connectivity index (χ0) is 12.4. The molecule has 0 aromatic heterocycles. The standard InChI is InChI=1S/C6H5F2N.CH4N2O.N2/c7-4-2-1-3-5(8)6(4)9;2-1(3)4;1-2/h1-3H,9H2;(H4,2,3,4);. The molecule has 8 heteroatoms. The Morgan fingerprint density at radius 3 is 1.60 bits per heavy atom. The van der Waals surface area contributed by atoms with Crippen molar-refractivity contribution < 1.29 is 13.6 Å². The number of hydrogen-bond donors (Lipinski definition) is 3. The number of amides is 2. The van der Waals surface area contributed by atoms with Crippen LogP contribution in [0.15, 0.2) is 18.2 Å². The van der Waals surface area contributed by atoms with Crippen LogP contribution in [0.4, 0.5) is 19.3 Å². The summed E-state index contributed by atoms with van der Waals surface area (Å²) in [5.41, 5.74) is 13.0. The molecule has 0 aliphatic carbocycles. The van der Waals surface area contributed by atoms with Crippen molar-refractivity contribution in [2.75, 3.05) is 5.73 Å². The third-order valence-electron chi connectivity index (χ3n) is 1.000. The van der Waals surface area contributed by atoms with Gasteiger partial charge in [-0.15, -0.1) is 0 Å². The van der Waals surface area contributed by atoms with Crippen molar-refractivity contribution in [3.8, 4) is 0 Å². The van der Waals surface area contributed by atoms with Gasteiger partial charge in [0.25, 0.3) is 0 Å². The van der Waals surface area contributed by atoms with Crippen LogP contribution in [0.2, 0.25) is 0 Å². The van der Waals surface area contributed by atoms with Gasteiger partial charge < -0.3 is 17.2 Å². The maximum Gasteiger partial charge on any atom is 0.309 e. The quantitative estimate of drug-likeness (QED) is 0.431. The summed E-state index contributed by atoms with van der Waals surface area (Å²) in [5, 5.41) is 12.0. The van der Waals surface area contributed by atoms with Gasteiger partial charge in [-0.2, -0.15) is 0 Å². The maximum atomic E-state index is 12.2. The number of nitrogens with two attached hydrogens (primary N) is 3. The maximum absolute atomic E-state index is 12.2. The molecule has 1 aromatic rings. The fraction of sp³-hybridized carbons (Fsp3) is 0. The Kier molecular flexibility index (Phi) is 8.21. The number of primary amides is 2. The second-order valence-corrected chi connectivity index (χ2v) is 2.04. The average molecular weight is 217 g/mol. The molecular weight excluding hydrogens is 208 g/mol. The van der Waals surface area contributed by atoms with Gasteiger partial charge in [0.1, 0.15) is 17.3 Å². The number of carbonyl (C=O) groups is 1. The summed E-state index contributed by atoms with van der Waals surface area (Å²) in [6.45, 7) is 0. The number of nitrogen functional groups attached to an aromatic ring is 1. The minimum atomic E-state index is -0.833. The molecule has 2 amide bonds. The molecule has 82 valence electrons. The zero-order valence-electron chi connectivity index (χ0n) is 7.52. The van der Waals surface area contributed by atoms with Crippen LogP contribution in [0, 0.1) is 22.4 Å². The molecule has 0 unspecified atom stereocenters. The van der Waals surface area contributed by atoms with E-state index in [0.717, 1.165) is 12.1 Å². The molecule has 0 saturated carbocycles. The van der Waals surface area contributed by atoms with E-state index in [9.17, 15) is 8.78 Å². The van der Waals surface area contributed by atoms with Gasteiger partial charge in [0.2, 0.25) is 0 Å². The number of anilines is 1. The first-order valence-corrected chi connectivity index (χ1v) is 3.39. The lowest BCUT2D eigenvalue weighted by molar-refractivity contribution is 0.256. The highest BCUT2D eigenvalue weighted by molar-refractivity contribution is 5.69. The Labute approximate surface area is 84.1 Å². The van der Waals surface area contributed by atoms with Crippen molar-refractivity contribution in [2.24, 2.45) is 11.5 Å². The van der Waals surface area contributed by atoms with E-state index in [1.807, 2.05) is 0 Å². The third-order valence-corrected chi connectivity index (χ3v) is 1.000. The highest BCUT2D eigenvalue weighted by atomic mass is 19.1. The molecule has 0 aliphatic heterocycles. The first kappa shape index (κ1) is 15.1. The number of carbonyl (C=O) groups excluding carboxylic acids is 1. The van der Waals surface area contributed by atoms with Gasteiger partial charge >= 0.3 is 6.03 Å². The second kappa shape index (κ2) is 8.18. The summed E-state index contributed by atoms with van der Waals surface area (Å²) in [6.07, 6.45) is 0. The van der Waals surface area contributed by atoms with Crippen molar-refractivity contribution in [2.45, 2.75) is 0 Å². The van der Waals surface area contributed by atoms with Crippen molar-refractivity contribution >= 4 is 11.7 Å². The Bertz CT molecular complexity index is 317. The third kappa shape index (κ3) is 7.92. The minimum absolute atomic E-state index is 0.419. The Morgan fingerprint density at radius 2 is 1.40 bits per heavy atom. The highest BCUT2D eigenvalue weighted by Crippen LogP contribution is 2.12. The first-order chi connectivity index (χ1) is 6.95. The van der Waals surface area contributed by atoms with E-state index in [1.165, 1.54) is 6.07 Å². The number of nitrogens with zero attached hydrogens (tertiary/aromatic N) is 2. The molecule has 0 saturated heterocycles. The van der Waals surface area contributed by atoms with Crippen LogP contribution in [-0.4, -0.2) is 6.03 Å². The summed E-state index contributed by atoms with van der Waals surface area (Å²) in [7, 11) is 0. The number of rotatable bonds is 0. The minimum Gasteiger partial charge on any atom is -0.394 e. The van der Waals surface area contributed by atoms with E-state index in [4.69, 9.17) is 21.3 Å². The smallest absolute Gasteiger partial charge is 0.309 e. The molecule has 0 bridgehead atoms. The van der Waals surface area contributed by atoms with Gasteiger partial charge in [0.05, 0.1) is 0 Å². The van der Waals surface area contributed by atoms with E-state index in [1.54, 1.807) is 0 Å². The molecule has 6 N–H and O–H groups in total. The number of benzene rings is 1. The van der Waals surface area contributed by atoms with Gasteiger partial charge in [-0.25, -0.2) is 13.6 Å². The normalized spacial score (nSPS) is 7.47.